The first-order valence-electron chi connectivity index (χ1n) is 9.85. The summed E-state index contributed by atoms with van der Waals surface area (Å²) in [6.07, 6.45) is 1.63. The number of hydrogen-bond acceptors (Lipinski definition) is 5. The molecule has 0 aliphatic heterocycles. The minimum absolute atomic E-state index is 0.167. The summed E-state index contributed by atoms with van der Waals surface area (Å²) in [7, 11) is 3.29. The van der Waals surface area contributed by atoms with Gasteiger partial charge in [-0.15, -0.1) is 0 Å². The van der Waals surface area contributed by atoms with Crippen LogP contribution in [-0.2, 0) is 7.05 Å². The lowest BCUT2D eigenvalue weighted by Gasteiger charge is -2.15. The molecule has 2 aromatic heterocycles. The standard InChI is InChI=1S/C24H22N4O3/c1-15(16-10-12-19(31-3)13-11-16)26-23(29)18-8-6-17(7-9-18)21-24(30)28(2)22-20(27-21)5-4-14-25-22/h4-15H,1-3H3,(H,26,29)/t15-/m1/s1. The number of nitrogens with one attached hydrogen (secondary N) is 1. The van der Waals surface area contributed by atoms with Crippen LogP contribution in [0.25, 0.3) is 22.4 Å². The molecule has 7 nitrogen and oxygen atoms in total. The largest absolute Gasteiger partial charge is 0.497 e. The van der Waals surface area contributed by atoms with Crippen LogP contribution in [0.4, 0.5) is 0 Å². The summed E-state index contributed by atoms with van der Waals surface area (Å²) in [6, 6.07) is 17.8. The molecular formula is C24H22N4O3. The molecule has 0 fully saturated rings. The molecule has 0 bridgehead atoms. The average molecular weight is 414 g/mol. The number of carbonyl (C=O) groups is 1. The van der Waals surface area contributed by atoms with Gasteiger partial charge in [-0.2, -0.15) is 0 Å². The normalized spacial score (nSPS) is 11.8. The van der Waals surface area contributed by atoms with Crippen LogP contribution < -0.4 is 15.6 Å². The number of benzene rings is 2. The van der Waals surface area contributed by atoms with Gasteiger partial charge in [0.05, 0.1) is 13.2 Å². The van der Waals surface area contributed by atoms with E-state index in [-0.39, 0.29) is 17.5 Å². The Labute approximate surface area is 179 Å². The number of methoxy groups -OCH3 is 1. The van der Waals surface area contributed by atoms with Crippen LogP contribution in [0, 0.1) is 0 Å². The van der Waals surface area contributed by atoms with Crippen LogP contribution in [0.2, 0.25) is 0 Å². The van der Waals surface area contributed by atoms with E-state index in [0.717, 1.165) is 11.3 Å². The molecule has 1 amide bonds. The predicted octanol–water partition coefficient (Wildman–Crippen LogP) is 3.50. The quantitative estimate of drug-likeness (QED) is 0.540. The third kappa shape index (κ3) is 4.02. The first kappa shape index (κ1) is 20.3. The van der Waals surface area contributed by atoms with E-state index in [1.165, 1.54) is 4.57 Å². The van der Waals surface area contributed by atoms with Crippen molar-refractivity contribution in [1.29, 1.82) is 0 Å². The van der Waals surface area contributed by atoms with Crippen molar-refractivity contribution in [2.24, 2.45) is 7.05 Å². The number of aromatic nitrogens is 3. The summed E-state index contributed by atoms with van der Waals surface area (Å²) >= 11 is 0. The zero-order chi connectivity index (χ0) is 22.0. The number of fused-ring (bicyclic) bond motifs is 1. The second-order valence-electron chi connectivity index (χ2n) is 7.22. The van der Waals surface area contributed by atoms with Gasteiger partial charge in [-0.3, -0.25) is 14.2 Å². The highest BCUT2D eigenvalue weighted by atomic mass is 16.5. The highest BCUT2D eigenvalue weighted by Gasteiger charge is 2.14. The van der Waals surface area contributed by atoms with E-state index in [0.29, 0.717) is 28.0 Å². The zero-order valence-corrected chi connectivity index (χ0v) is 17.5. The number of carbonyl (C=O) groups excluding carboxylic acids is 1. The van der Waals surface area contributed by atoms with E-state index >= 15 is 0 Å². The number of rotatable bonds is 5. The summed E-state index contributed by atoms with van der Waals surface area (Å²) in [5, 5.41) is 2.98. The second kappa shape index (κ2) is 8.39. The molecule has 2 aromatic carbocycles. The van der Waals surface area contributed by atoms with Gasteiger partial charge < -0.3 is 10.1 Å². The van der Waals surface area contributed by atoms with Gasteiger partial charge in [-0.25, -0.2) is 9.97 Å². The minimum atomic E-state index is -0.239. The predicted molar refractivity (Wildman–Crippen MR) is 119 cm³/mol. The summed E-state index contributed by atoms with van der Waals surface area (Å²) in [5.41, 5.74) is 3.37. The van der Waals surface area contributed by atoms with Gasteiger partial charge in [0.25, 0.3) is 11.5 Å². The maximum Gasteiger partial charge on any atom is 0.278 e. The van der Waals surface area contributed by atoms with E-state index in [4.69, 9.17) is 4.74 Å². The van der Waals surface area contributed by atoms with E-state index < -0.39 is 0 Å². The average Bonchev–Trinajstić information content (AvgIpc) is 2.81. The molecule has 0 saturated heterocycles. The highest BCUT2D eigenvalue weighted by Crippen LogP contribution is 2.19. The lowest BCUT2D eigenvalue weighted by Crippen LogP contribution is -2.26. The number of amides is 1. The molecule has 1 atom stereocenters. The fourth-order valence-corrected chi connectivity index (χ4v) is 3.38. The Kier molecular flexibility index (Phi) is 5.49. The van der Waals surface area contributed by atoms with Crippen LogP contribution in [0.15, 0.2) is 71.7 Å². The van der Waals surface area contributed by atoms with E-state index in [2.05, 4.69) is 15.3 Å². The van der Waals surface area contributed by atoms with Crippen molar-refractivity contribution in [2.75, 3.05) is 7.11 Å². The fourth-order valence-electron chi connectivity index (χ4n) is 3.38. The lowest BCUT2D eigenvalue weighted by atomic mass is 10.1. The molecule has 0 saturated carbocycles. The van der Waals surface area contributed by atoms with Gasteiger partial charge in [0, 0.05) is 24.4 Å². The molecule has 31 heavy (non-hydrogen) atoms. The number of pyridine rings is 1. The Bertz CT molecular complexity index is 1300. The van der Waals surface area contributed by atoms with Crippen molar-refractivity contribution in [1.82, 2.24) is 19.9 Å². The molecule has 2 heterocycles. The third-order valence-corrected chi connectivity index (χ3v) is 5.21. The number of aryl methyl sites for hydroxylation is 1. The van der Waals surface area contributed by atoms with E-state index in [9.17, 15) is 9.59 Å². The fraction of sp³-hybridized carbons (Fsp3) is 0.167. The Hall–Kier alpha value is -4.00. The molecule has 4 aromatic rings. The molecule has 0 radical (unpaired) electrons. The molecule has 0 aliphatic rings. The maximum absolute atomic E-state index is 12.7. The molecule has 0 spiro atoms. The summed E-state index contributed by atoms with van der Waals surface area (Å²) in [5.74, 6) is 0.570. The van der Waals surface area contributed by atoms with Gasteiger partial charge in [0.2, 0.25) is 0 Å². The van der Waals surface area contributed by atoms with Crippen LogP contribution in [-0.4, -0.2) is 27.6 Å². The van der Waals surface area contributed by atoms with Crippen molar-refractivity contribution in [3.63, 3.8) is 0 Å². The van der Waals surface area contributed by atoms with Crippen molar-refractivity contribution >= 4 is 17.1 Å². The van der Waals surface area contributed by atoms with Crippen molar-refractivity contribution in [3.05, 3.63) is 88.3 Å². The number of nitrogens with zero attached hydrogens (tertiary/aromatic N) is 3. The van der Waals surface area contributed by atoms with Gasteiger partial charge >= 0.3 is 0 Å². The Morgan fingerprint density at radius 1 is 1.06 bits per heavy atom. The zero-order valence-electron chi connectivity index (χ0n) is 17.5. The van der Waals surface area contributed by atoms with Crippen molar-refractivity contribution < 1.29 is 9.53 Å². The lowest BCUT2D eigenvalue weighted by molar-refractivity contribution is 0.0940. The molecule has 4 rings (SSSR count). The Balaban J connectivity index is 1.55. The topological polar surface area (TPSA) is 86.1 Å². The van der Waals surface area contributed by atoms with Gasteiger partial charge in [0.1, 0.15) is 17.0 Å². The molecule has 7 heteroatoms. The van der Waals surface area contributed by atoms with Crippen molar-refractivity contribution in [3.8, 4) is 17.0 Å². The summed E-state index contributed by atoms with van der Waals surface area (Å²) < 4.78 is 6.65. The van der Waals surface area contributed by atoms with E-state index in [1.54, 1.807) is 50.7 Å². The Morgan fingerprint density at radius 2 is 1.77 bits per heavy atom. The van der Waals surface area contributed by atoms with Gasteiger partial charge in [0.15, 0.2) is 5.65 Å². The van der Waals surface area contributed by atoms with Crippen molar-refractivity contribution in [2.45, 2.75) is 13.0 Å². The SMILES string of the molecule is COc1ccc([C@@H](C)NC(=O)c2ccc(-c3nc4cccnc4n(C)c3=O)cc2)cc1. The second-order valence-corrected chi connectivity index (χ2v) is 7.22. The number of hydrogen-bond donors (Lipinski definition) is 1. The summed E-state index contributed by atoms with van der Waals surface area (Å²) in [6.45, 7) is 1.92. The molecule has 156 valence electrons. The van der Waals surface area contributed by atoms with Crippen LogP contribution in [0.3, 0.4) is 0 Å². The van der Waals surface area contributed by atoms with Crippen LogP contribution in [0.5, 0.6) is 5.75 Å². The maximum atomic E-state index is 12.7. The van der Waals surface area contributed by atoms with Gasteiger partial charge in [-0.05, 0) is 48.9 Å². The molecule has 0 unspecified atom stereocenters. The highest BCUT2D eigenvalue weighted by molar-refractivity contribution is 5.95. The first-order chi connectivity index (χ1) is 15.0. The first-order valence-corrected chi connectivity index (χ1v) is 9.85. The molecular weight excluding hydrogens is 392 g/mol. The number of ether oxygens (including phenoxy) is 1. The Morgan fingerprint density at radius 3 is 2.45 bits per heavy atom. The third-order valence-electron chi connectivity index (χ3n) is 5.21. The molecule has 1 N–H and O–H groups in total. The smallest absolute Gasteiger partial charge is 0.278 e. The van der Waals surface area contributed by atoms with Gasteiger partial charge in [-0.1, -0.05) is 24.3 Å². The van der Waals surface area contributed by atoms with Crippen LogP contribution >= 0.6 is 0 Å². The minimum Gasteiger partial charge on any atom is -0.497 e. The molecule has 0 aliphatic carbocycles. The van der Waals surface area contributed by atoms with E-state index in [1.807, 2.05) is 37.3 Å². The monoisotopic (exact) mass is 414 g/mol. The summed E-state index contributed by atoms with van der Waals surface area (Å²) in [4.78, 5) is 34.1. The van der Waals surface area contributed by atoms with Crippen LogP contribution in [0.1, 0.15) is 28.9 Å².